The number of benzene rings is 3. The lowest BCUT2D eigenvalue weighted by molar-refractivity contribution is -0.0486. The zero-order valence-electron chi connectivity index (χ0n) is 23.3. The molecule has 2 aromatic heterocycles. The average Bonchev–Trinajstić information content (AvgIpc) is 3.63. The molecule has 3 heterocycles. The minimum Gasteiger partial charge on any atom is -0.394 e. The van der Waals surface area contributed by atoms with Gasteiger partial charge < -0.3 is 14.9 Å². The number of carbonyl (C=O) groups is 2. The molecule has 5 aromatic rings. The van der Waals surface area contributed by atoms with Crippen LogP contribution in [0.2, 0.25) is 0 Å². The Morgan fingerprint density at radius 2 is 1.48 bits per heavy atom. The number of aliphatic hydroxyl groups excluding tert-OH is 2. The minimum atomic E-state index is -4.15. The first-order chi connectivity index (χ1) is 21.2. The number of sulfone groups is 1. The van der Waals surface area contributed by atoms with Crippen LogP contribution in [0.15, 0.2) is 102 Å². The SMILES string of the molecule is Cc1ccc(S(=O)(=O)[C@@H]2[C@@H](O)[C@H](n3cnc4c(N(C(=O)c5ccccc5)C(=O)c5ccccc5)ncnc43)O[C@@H]2CO)cc1. The van der Waals surface area contributed by atoms with E-state index in [4.69, 9.17) is 4.74 Å². The van der Waals surface area contributed by atoms with E-state index in [0.29, 0.717) is 0 Å². The third-order valence-electron chi connectivity index (χ3n) is 7.47. The lowest BCUT2D eigenvalue weighted by Crippen LogP contribution is -2.40. The molecular weight excluding hydrogens is 586 g/mol. The molecule has 4 atom stereocenters. The van der Waals surface area contributed by atoms with Crippen molar-refractivity contribution in [3.63, 3.8) is 0 Å². The molecule has 0 aliphatic carbocycles. The van der Waals surface area contributed by atoms with Crippen LogP contribution < -0.4 is 4.90 Å². The van der Waals surface area contributed by atoms with Crippen LogP contribution in [0.1, 0.15) is 32.5 Å². The topological polar surface area (TPSA) is 165 Å². The predicted molar refractivity (Wildman–Crippen MR) is 159 cm³/mol. The van der Waals surface area contributed by atoms with E-state index in [9.17, 15) is 28.2 Å². The highest BCUT2D eigenvalue weighted by molar-refractivity contribution is 7.92. The van der Waals surface area contributed by atoms with Crippen LogP contribution in [-0.2, 0) is 14.6 Å². The van der Waals surface area contributed by atoms with Crippen LogP contribution in [0.25, 0.3) is 11.2 Å². The highest BCUT2D eigenvalue weighted by Crippen LogP contribution is 2.38. The van der Waals surface area contributed by atoms with Crippen molar-refractivity contribution in [3.8, 4) is 0 Å². The summed E-state index contributed by atoms with van der Waals surface area (Å²) < 4.78 is 34.4. The number of fused-ring (bicyclic) bond motifs is 1. The van der Waals surface area contributed by atoms with Gasteiger partial charge in [-0.05, 0) is 43.3 Å². The Balaban J connectivity index is 1.42. The fourth-order valence-electron chi connectivity index (χ4n) is 5.26. The van der Waals surface area contributed by atoms with Crippen molar-refractivity contribution in [2.24, 2.45) is 0 Å². The van der Waals surface area contributed by atoms with Gasteiger partial charge in [0, 0.05) is 11.1 Å². The maximum Gasteiger partial charge on any atom is 0.266 e. The van der Waals surface area contributed by atoms with Crippen LogP contribution in [0.3, 0.4) is 0 Å². The summed E-state index contributed by atoms with van der Waals surface area (Å²) in [6, 6.07) is 22.6. The number of hydrogen-bond acceptors (Lipinski definition) is 10. The van der Waals surface area contributed by atoms with E-state index in [0.717, 1.165) is 16.8 Å². The molecule has 2 amide bonds. The summed E-state index contributed by atoms with van der Waals surface area (Å²) in [4.78, 5) is 41.3. The van der Waals surface area contributed by atoms with Crippen molar-refractivity contribution >= 4 is 38.6 Å². The highest BCUT2D eigenvalue weighted by atomic mass is 32.2. The first-order valence-electron chi connectivity index (χ1n) is 13.6. The molecule has 0 saturated carbocycles. The van der Waals surface area contributed by atoms with Crippen molar-refractivity contribution in [2.75, 3.05) is 11.5 Å². The second-order valence-corrected chi connectivity index (χ2v) is 12.4. The van der Waals surface area contributed by atoms with Crippen molar-refractivity contribution in [1.29, 1.82) is 0 Å². The van der Waals surface area contributed by atoms with E-state index in [1.807, 2.05) is 6.92 Å². The first-order valence-corrected chi connectivity index (χ1v) is 15.2. The van der Waals surface area contributed by atoms with Gasteiger partial charge >= 0.3 is 0 Å². The highest BCUT2D eigenvalue weighted by Gasteiger charge is 2.52. The quantitative estimate of drug-likeness (QED) is 0.261. The van der Waals surface area contributed by atoms with Gasteiger partial charge in [-0.15, -0.1) is 0 Å². The number of nitrogens with zero attached hydrogens (tertiary/aromatic N) is 5. The maximum atomic E-state index is 13.8. The van der Waals surface area contributed by atoms with Crippen LogP contribution in [0.5, 0.6) is 0 Å². The van der Waals surface area contributed by atoms with Crippen molar-refractivity contribution < 1.29 is 33.0 Å². The minimum absolute atomic E-state index is 0.0237. The summed E-state index contributed by atoms with van der Waals surface area (Å²) in [6.45, 7) is 1.14. The lowest BCUT2D eigenvalue weighted by atomic mass is 10.1. The van der Waals surface area contributed by atoms with Gasteiger partial charge in [0.25, 0.3) is 11.8 Å². The van der Waals surface area contributed by atoms with Crippen LogP contribution in [0.4, 0.5) is 5.82 Å². The molecule has 6 rings (SSSR count). The molecule has 0 unspecified atom stereocenters. The molecule has 1 saturated heterocycles. The van der Waals surface area contributed by atoms with Crippen molar-refractivity contribution in [2.45, 2.75) is 35.5 Å². The average molecular weight is 614 g/mol. The first kappa shape index (κ1) is 29.3. The van der Waals surface area contributed by atoms with Gasteiger partial charge in [-0.25, -0.2) is 28.3 Å². The monoisotopic (exact) mass is 613 g/mol. The molecule has 0 radical (unpaired) electrons. The molecule has 1 aliphatic rings. The Kier molecular flexibility index (Phi) is 7.78. The smallest absolute Gasteiger partial charge is 0.266 e. The number of imide groups is 1. The number of amides is 2. The number of hydrogen-bond donors (Lipinski definition) is 2. The molecule has 0 bridgehead atoms. The zero-order chi connectivity index (χ0) is 31.0. The number of aliphatic hydroxyl groups is 2. The van der Waals surface area contributed by atoms with Gasteiger partial charge in [0.05, 0.1) is 17.8 Å². The standard InChI is InChI=1S/C31H27N5O7S/c1-19-12-14-22(15-13-19)44(41,42)26-23(16-37)43-31(25(26)38)35-18-34-24-27(35)32-17-33-28(24)36(29(39)20-8-4-2-5-9-20)30(40)21-10-6-3-7-11-21/h2-15,17-18,23,25-26,31,37-38H,16H2,1H3/t23-,25-,26+,31-/m1/s1. The zero-order valence-corrected chi connectivity index (χ0v) is 24.2. The fraction of sp³-hybridized carbons (Fsp3) is 0.194. The molecule has 1 fully saturated rings. The Bertz CT molecular complexity index is 1880. The van der Waals surface area contributed by atoms with Gasteiger partial charge in [0.15, 0.2) is 33.0 Å². The molecule has 12 nitrogen and oxygen atoms in total. The number of carbonyl (C=O) groups excluding carboxylic acids is 2. The molecule has 13 heteroatoms. The number of imidazole rings is 1. The largest absolute Gasteiger partial charge is 0.394 e. The molecule has 3 aromatic carbocycles. The summed E-state index contributed by atoms with van der Waals surface area (Å²) in [5, 5.41) is 19.9. The van der Waals surface area contributed by atoms with Crippen molar-refractivity contribution in [3.05, 3.63) is 114 Å². The van der Waals surface area contributed by atoms with E-state index in [2.05, 4.69) is 15.0 Å². The number of rotatable bonds is 7. The summed E-state index contributed by atoms with van der Waals surface area (Å²) >= 11 is 0. The molecule has 224 valence electrons. The molecule has 0 spiro atoms. The Morgan fingerprint density at radius 3 is 2.05 bits per heavy atom. The van der Waals surface area contributed by atoms with Crippen LogP contribution in [0, 0.1) is 6.92 Å². The van der Waals surface area contributed by atoms with Gasteiger partial charge in [0.1, 0.15) is 23.8 Å². The predicted octanol–water partition coefficient (Wildman–Crippen LogP) is 2.72. The number of ether oxygens (including phenoxy) is 1. The Hall–Kier alpha value is -4.82. The van der Waals surface area contributed by atoms with Gasteiger partial charge in [-0.3, -0.25) is 14.2 Å². The van der Waals surface area contributed by atoms with E-state index < -0.39 is 51.9 Å². The summed E-state index contributed by atoms with van der Waals surface area (Å²) in [7, 11) is -4.15. The third kappa shape index (κ3) is 5.05. The van der Waals surface area contributed by atoms with Gasteiger partial charge in [0.2, 0.25) is 0 Å². The van der Waals surface area contributed by atoms with E-state index in [1.165, 1.54) is 23.0 Å². The second kappa shape index (κ2) is 11.7. The molecular formula is C31H27N5O7S. The van der Waals surface area contributed by atoms with Gasteiger partial charge in [-0.2, -0.15) is 0 Å². The molecule has 44 heavy (non-hydrogen) atoms. The number of aryl methyl sites for hydroxylation is 1. The Labute approximate surface area is 252 Å². The number of aromatic nitrogens is 4. The maximum absolute atomic E-state index is 13.8. The lowest BCUT2D eigenvalue weighted by Gasteiger charge is -2.21. The van der Waals surface area contributed by atoms with E-state index in [-0.39, 0.29) is 33.0 Å². The second-order valence-electron chi connectivity index (χ2n) is 10.3. The fourth-order valence-corrected chi connectivity index (χ4v) is 7.14. The summed E-state index contributed by atoms with van der Waals surface area (Å²) in [5.74, 6) is -1.43. The Morgan fingerprint density at radius 1 is 0.886 bits per heavy atom. The summed E-state index contributed by atoms with van der Waals surface area (Å²) in [6.07, 6.45) is -1.85. The van der Waals surface area contributed by atoms with E-state index in [1.54, 1.807) is 72.8 Å². The van der Waals surface area contributed by atoms with E-state index >= 15 is 0 Å². The van der Waals surface area contributed by atoms with Crippen LogP contribution >= 0.6 is 0 Å². The molecule has 1 aliphatic heterocycles. The summed E-state index contributed by atoms with van der Waals surface area (Å²) in [5.41, 5.74) is 1.41. The van der Waals surface area contributed by atoms with Crippen molar-refractivity contribution in [1.82, 2.24) is 19.5 Å². The van der Waals surface area contributed by atoms with Gasteiger partial charge in [-0.1, -0.05) is 54.1 Å². The third-order valence-corrected chi connectivity index (χ3v) is 9.70. The number of anilines is 1. The molecule has 2 N–H and O–H groups in total. The normalized spacial score (nSPS) is 20.1. The van der Waals surface area contributed by atoms with Crippen LogP contribution in [-0.4, -0.2) is 74.0 Å².